The largest absolute Gasteiger partial charge is 0.354 e. The van der Waals surface area contributed by atoms with E-state index < -0.39 is 0 Å². The number of halogens is 1. The molecule has 0 saturated carbocycles. The second-order valence-corrected chi connectivity index (χ2v) is 9.23. The minimum absolute atomic E-state index is 0. The lowest BCUT2D eigenvalue weighted by Crippen LogP contribution is -2.42. The standard InChI is InChI=1S/C25H40N6.HI/c1-18-10-12-31(13-11-18)17-23-9-7-8-22(15-23)16-27-25(26-5)28-19(2)14-24-20(3)29-30(6)21(24)4;/h7-9,15,18-19H,10-14,16-17H2,1-6H3,(H2,26,27,28);1H. The number of aryl methyl sites for hydroxylation is 2. The molecule has 2 N–H and O–H groups in total. The van der Waals surface area contributed by atoms with Crippen molar-refractivity contribution in [2.75, 3.05) is 20.1 Å². The van der Waals surface area contributed by atoms with Gasteiger partial charge in [0.15, 0.2) is 5.96 Å². The van der Waals surface area contributed by atoms with E-state index in [2.05, 4.69) is 77.6 Å². The average Bonchev–Trinajstić information content (AvgIpc) is 2.99. The van der Waals surface area contributed by atoms with E-state index in [0.29, 0.717) is 0 Å². The fourth-order valence-corrected chi connectivity index (χ4v) is 4.40. The van der Waals surface area contributed by atoms with Crippen LogP contribution in [0.1, 0.15) is 54.8 Å². The van der Waals surface area contributed by atoms with Gasteiger partial charge in [-0.25, -0.2) is 0 Å². The average molecular weight is 553 g/mol. The van der Waals surface area contributed by atoms with Crippen molar-refractivity contribution < 1.29 is 0 Å². The summed E-state index contributed by atoms with van der Waals surface area (Å²) in [5.74, 6) is 1.71. The molecule has 2 heterocycles. The van der Waals surface area contributed by atoms with Crippen molar-refractivity contribution >= 4 is 29.9 Å². The van der Waals surface area contributed by atoms with Crippen LogP contribution in [0.15, 0.2) is 29.3 Å². The molecule has 0 amide bonds. The lowest BCUT2D eigenvalue weighted by atomic mass is 9.98. The van der Waals surface area contributed by atoms with Gasteiger partial charge in [-0.1, -0.05) is 31.2 Å². The molecule has 1 fully saturated rings. The van der Waals surface area contributed by atoms with Crippen LogP contribution in [-0.4, -0.2) is 46.8 Å². The fourth-order valence-electron chi connectivity index (χ4n) is 4.40. The zero-order valence-corrected chi connectivity index (χ0v) is 22.9. The van der Waals surface area contributed by atoms with E-state index in [9.17, 15) is 0 Å². The van der Waals surface area contributed by atoms with Crippen LogP contribution in [-0.2, 0) is 26.6 Å². The van der Waals surface area contributed by atoms with Crippen LogP contribution in [0.25, 0.3) is 0 Å². The summed E-state index contributed by atoms with van der Waals surface area (Å²) in [4.78, 5) is 7.00. The lowest BCUT2D eigenvalue weighted by Gasteiger charge is -2.30. The summed E-state index contributed by atoms with van der Waals surface area (Å²) < 4.78 is 1.96. The molecule has 6 nitrogen and oxygen atoms in total. The first-order valence-electron chi connectivity index (χ1n) is 11.6. The van der Waals surface area contributed by atoms with Crippen molar-refractivity contribution in [2.24, 2.45) is 18.0 Å². The Morgan fingerprint density at radius 2 is 1.91 bits per heavy atom. The predicted molar refractivity (Wildman–Crippen MR) is 145 cm³/mol. The van der Waals surface area contributed by atoms with Crippen LogP contribution in [0.4, 0.5) is 0 Å². The third kappa shape index (κ3) is 7.47. The molecule has 0 aliphatic carbocycles. The van der Waals surface area contributed by atoms with E-state index in [1.807, 2.05) is 18.8 Å². The van der Waals surface area contributed by atoms with Gasteiger partial charge >= 0.3 is 0 Å². The van der Waals surface area contributed by atoms with Crippen LogP contribution < -0.4 is 10.6 Å². The first-order valence-corrected chi connectivity index (χ1v) is 11.6. The summed E-state index contributed by atoms with van der Waals surface area (Å²) in [6, 6.07) is 9.19. The Kier molecular flexibility index (Phi) is 10.5. The second-order valence-electron chi connectivity index (χ2n) is 9.23. The molecule has 1 aliphatic rings. The number of guanidine groups is 1. The summed E-state index contributed by atoms with van der Waals surface area (Å²) in [6.45, 7) is 13.0. The number of likely N-dealkylation sites (tertiary alicyclic amines) is 1. The summed E-state index contributed by atoms with van der Waals surface area (Å²) in [7, 11) is 3.83. The molecule has 7 heteroatoms. The highest BCUT2D eigenvalue weighted by atomic mass is 127. The zero-order chi connectivity index (χ0) is 22.4. The van der Waals surface area contributed by atoms with Gasteiger partial charge in [0.05, 0.1) is 5.69 Å². The Morgan fingerprint density at radius 3 is 2.53 bits per heavy atom. The van der Waals surface area contributed by atoms with Gasteiger partial charge in [0.25, 0.3) is 0 Å². The van der Waals surface area contributed by atoms with Crippen LogP contribution in [0.2, 0.25) is 0 Å². The number of piperidine rings is 1. The monoisotopic (exact) mass is 552 g/mol. The van der Waals surface area contributed by atoms with Crippen LogP contribution in [0.5, 0.6) is 0 Å². The molecule has 3 rings (SSSR count). The van der Waals surface area contributed by atoms with Crippen molar-refractivity contribution in [2.45, 2.75) is 66.1 Å². The van der Waals surface area contributed by atoms with Gasteiger partial charge in [-0.05, 0) is 75.7 Å². The van der Waals surface area contributed by atoms with Gasteiger partial charge in [0.2, 0.25) is 0 Å². The van der Waals surface area contributed by atoms with Crippen molar-refractivity contribution in [3.8, 4) is 0 Å². The van der Waals surface area contributed by atoms with Gasteiger partial charge in [-0.3, -0.25) is 14.6 Å². The summed E-state index contributed by atoms with van der Waals surface area (Å²) >= 11 is 0. The van der Waals surface area contributed by atoms with Crippen LogP contribution >= 0.6 is 24.0 Å². The Morgan fingerprint density at radius 1 is 1.22 bits per heavy atom. The van der Waals surface area contributed by atoms with Crippen molar-refractivity contribution in [1.29, 1.82) is 0 Å². The fraction of sp³-hybridized carbons (Fsp3) is 0.600. The smallest absolute Gasteiger partial charge is 0.191 e. The molecule has 32 heavy (non-hydrogen) atoms. The number of benzene rings is 1. The van der Waals surface area contributed by atoms with E-state index >= 15 is 0 Å². The molecule has 1 aromatic heterocycles. The first-order chi connectivity index (χ1) is 14.9. The SMILES string of the molecule is CN=C(NCc1cccc(CN2CCC(C)CC2)c1)NC(C)Cc1c(C)nn(C)c1C.I. The Balaban J connectivity index is 0.00000363. The maximum Gasteiger partial charge on any atom is 0.191 e. The molecule has 0 spiro atoms. The Labute approximate surface area is 211 Å². The van der Waals surface area contributed by atoms with Crippen molar-refractivity contribution in [3.63, 3.8) is 0 Å². The number of hydrogen-bond donors (Lipinski definition) is 2. The maximum absolute atomic E-state index is 4.53. The second kappa shape index (κ2) is 12.6. The van der Waals surface area contributed by atoms with Gasteiger partial charge in [0.1, 0.15) is 0 Å². The summed E-state index contributed by atoms with van der Waals surface area (Å²) in [5, 5.41) is 11.5. The van der Waals surface area contributed by atoms with Crippen molar-refractivity contribution in [3.05, 3.63) is 52.3 Å². The summed E-state index contributed by atoms with van der Waals surface area (Å²) in [6.07, 6.45) is 3.56. The number of aliphatic imine (C=N–C) groups is 1. The van der Waals surface area contributed by atoms with E-state index in [0.717, 1.165) is 37.1 Å². The molecule has 1 aliphatic heterocycles. The molecule has 0 radical (unpaired) electrons. The maximum atomic E-state index is 4.53. The highest BCUT2D eigenvalue weighted by Gasteiger charge is 2.16. The van der Waals surface area contributed by atoms with Gasteiger partial charge in [0, 0.05) is 38.9 Å². The number of aromatic nitrogens is 2. The highest BCUT2D eigenvalue weighted by Crippen LogP contribution is 2.18. The lowest BCUT2D eigenvalue weighted by molar-refractivity contribution is 0.185. The van der Waals surface area contributed by atoms with Gasteiger partial charge in [-0.2, -0.15) is 5.10 Å². The predicted octanol–water partition coefficient (Wildman–Crippen LogP) is 4.18. The summed E-state index contributed by atoms with van der Waals surface area (Å²) in [5.41, 5.74) is 6.34. The third-order valence-electron chi connectivity index (χ3n) is 6.51. The van der Waals surface area contributed by atoms with E-state index in [1.54, 1.807) is 0 Å². The van der Waals surface area contributed by atoms with E-state index in [4.69, 9.17) is 0 Å². The number of rotatable bonds is 7. The Hall–Kier alpha value is -1.61. The van der Waals surface area contributed by atoms with Crippen molar-refractivity contribution in [1.82, 2.24) is 25.3 Å². The molecule has 0 bridgehead atoms. The number of nitrogens with zero attached hydrogens (tertiary/aromatic N) is 4. The molecule has 1 atom stereocenters. The van der Waals surface area contributed by atoms with Gasteiger partial charge in [-0.15, -0.1) is 24.0 Å². The number of hydrogen-bond acceptors (Lipinski definition) is 3. The zero-order valence-electron chi connectivity index (χ0n) is 20.6. The first kappa shape index (κ1) is 26.6. The molecule has 178 valence electrons. The molecule has 1 saturated heterocycles. The van der Waals surface area contributed by atoms with Crippen LogP contribution in [0, 0.1) is 19.8 Å². The minimum Gasteiger partial charge on any atom is -0.354 e. The molecular formula is C25H41IN6. The van der Waals surface area contributed by atoms with Gasteiger partial charge < -0.3 is 10.6 Å². The normalized spacial score (nSPS) is 16.5. The topological polar surface area (TPSA) is 57.5 Å². The minimum atomic E-state index is 0. The van der Waals surface area contributed by atoms with E-state index in [1.165, 1.54) is 48.3 Å². The highest BCUT2D eigenvalue weighted by molar-refractivity contribution is 14.0. The quantitative estimate of drug-likeness (QED) is 0.308. The molecule has 1 aromatic carbocycles. The molecular weight excluding hydrogens is 511 g/mol. The number of nitrogens with one attached hydrogen (secondary N) is 2. The Bertz CT molecular complexity index is 883. The molecule has 2 aromatic rings. The molecule has 1 unspecified atom stereocenters. The van der Waals surface area contributed by atoms with E-state index in [-0.39, 0.29) is 30.0 Å². The van der Waals surface area contributed by atoms with Crippen LogP contribution in [0.3, 0.4) is 0 Å². The third-order valence-corrected chi connectivity index (χ3v) is 6.51.